The molecule has 152 valence electrons. The first-order valence-corrected chi connectivity index (χ1v) is 9.20. The fraction of sp³-hybridized carbons (Fsp3) is 0.579. The lowest BCUT2D eigenvalue weighted by Crippen LogP contribution is -2.41. The molecular formula is C19H31ClN4O3. The zero-order chi connectivity index (χ0) is 18.8. The molecule has 7 nitrogen and oxygen atoms in total. The van der Waals surface area contributed by atoms with Crippen molar-refractivity contribution in [2.75, 3.05) is 39.8 Å². The maximum atomic E-state index is 12.1. The van der Waals surface area contributed by atoms with Crippen LogP contribution in [0.15, 0.2) is 24.3 Å². The third kappa shape index (κ3) is 9.08. The normalized spacial score (nSPS) is 15.0. The quantitative estimate of drug-likeness (QED) is 0.544. The minimum Gasteiger partial charge on any atom is -0.484 e. The molecule has 1 fully saturated rings. The average molecular weight is 399 g/mol. The summed E-state index contributed by atoms with van der Waals surface area (Å²) in [5.41, 5.74) is 6.02. The van der Waals surface area contributed by atoms with Crippen molar-refractivity contribution in [3.8, 4) is 5.75 Å². The Morgan fingerprint density at radius 2 is 1.89 bits per heavy atom. The Kier molecular flexibility index (Phi) is 10.8. The van der Waals surface area contributed by atoms with E-state index >= 15 is 0 Å². The third-order valence-electron chi connectivity index (χ3n) is 4.67. The SMILES string of the molecule is CNCCC1CCN(CC(=O)NCc2ccc(OCC(N)=O)cc2)CC1.Cl. The molecule has 8 heteroatoms. The Labute approximate surface area is 167 Å². The number of carbonyl (C=O) groups is 2. The topological polar surface area (TPSA) is 96.7 Å². The van der Waals surface area contributed by atoms with Crippen molar-refractivity contribution >= 4 is 24.2 Å². The van der Waals surface area contributed by atoms with Gasteiger partial charge in [-0.15, -0.1) is 12.4 Å². The van der Waals surface area contributed by atoms with Crippen LogP contribution in [0.4, 0.5) is 0 Å². The van der Waals surface area contributed by atoms with Crippen molar-refractivity contribution < 1.29 is 14.3 Å². The van der Waals surface area contributed by atoms with Gasteiger partial charge < -0.3 is 21.1 Å². The molecule has 2 rings (SSSR count). The molecule has 1 heterocycles. The number of primary amides is 1. The van der Waals surface area contributed by atoms with Gasteiger partial charge in [-0.25, -0.2) is 0 Å². The number of ether oxygens (including phenoxy) is 1. The van der Waals surface area contributed by atoms with Gasteiger partial charge in [0, 0.05) is 6.54 Å². The van der Waals surface area contributed by atoms with Gasteiger partial charge in [0.05, 0.1) is 6.54 Å². The Morgan fingerprint density at radius 1 is 1.22 bits per heavy atom. The third-order valence-corrected chi connectivity index (χ3v) is 4.67. The second kappa shape index (κ2) is 12.5. The van der Waals surface area contributed by atoms with Crippen LogP contribution >= 0.6 is 12.4 Å². The van der Waals surface area contributed by atoms with Gasteiger partial charge in [-0.3, -0.25) is 14.5 Å². The molecule has 27 heavy (non-hydrogen) atoms. The van der Waals surface area contributed by atoms with Gasteiger partial charge in [-0.05, 0) is 69.6 Å². The summed E-state index contributed by atoms with van der Waals surface area (Å²) in [5.74, 6) is 0.900. The molecule has 1 aliphatic rings. The molecule has 0 spiro atoms. The zero-order valence-electron chi connectivity index (χ0n) is 15.9. The predicted octanol–water partition coefficient (Wildman–Crippen LogP) is 0.910. The van der Waals surface area contributed by atoms with Crippen LogP contribution < -0.4 is 21.1 Å². The van der Waals surface area contributed by atoms with Crippen LogP contribution in [0.5, 0.6) is 5.75 Å². The van der Waals surface area contributed by atoms with E-state index in [1.165, 1.54) is 19.3 Å². The fourth-order valence-corrected chi connectivity index (χ4v) is 3.10. The van der Waals surface area contributed by atoms with Crippen LogP contribution in [0.2, 0.25) is 0 Å². The van der Waals surface area contributed by atoms with Crippen molar-refractivity contribution in [3.63, 3.8) is 0 Å². The van der Waals surface area contributed by atoms with Gasteiger partial charge in [-0.1, -0.05) is 12.1 Å². The number of halogens is 1. The standard InChI is InChI=1S/C19H30N4O3.ClH/c1-21-9-6-15-7-10-23(11-8-15)13-19(25)22-12-16-2-4-17(5-3-16)26-14-18(20)24;/h2-5,15,21H,6-14H2,1H3,(H2,20,24)(H,22,25);1H. The molecule has 0 atom stereocenters. The number of benzene rings is 1. The van der Waals surface area contributed by atoms with Gasteiger partial charge in [0.2, 0.25) is 5.91 Å². The number of hydrogen-bond acceptors (Lipinski definition) is 5. The molecule has 1 aliphatic heterocycles. The van der Waals surface area contributed by atoms with E-state index in [0.29, 0.717) is 18.8 Å². The summed E-state index contributed by atoms with van der Waals surface area (Å²) in [6.07, 6.45) is 3.55. The second-order valence-corrected chi connectivity index (χ2v) is 6.79. The Balaban J connectivity index is 0.00000364. The second-order valence-electron chi connectivity index (χ2n) is 6.79. The Bertz CT molecular complexity index is 575. The van der Waals surface area contributed by atoms with Gasteiger partial charge in [-0.2, -0.15) is 0 Å². The maximum Gasteiger partial charge on any atom is 0.255 e. The number of rotatable bonds is 10. The summed E-state index contributed by atoms with van der Waals surface area (Å²) >= 11 is 0. The number of piperidine rings is 1. The smallest absolute Gasteiger partial charge is 0.255 e. The molecule has 2 amide bonds. The number of nitrogens with zero attached hydrogens (tertiary/aromatic N) is 1. The van der Waals surface area contributed by atoms with E-state index in [1.807, 2.05) is 19.2 Å². The highest BCUT2D eigenvalue weighted by molar-refractivity contribution is 5.85. The van der Waals surface area contributed by atoms with Crippen molar-refractivity contribution in [2.24, 2.45) is 11.7 Å². The summed E-state index contributed by atoms with van der Waals surface area (Å²) in [6, 6.07) is 7.26. The van der Waals surface area contributed by atoms with Gasteiger partial charge in [0.1, 0.15) is 5.75 Å². The van der Waals surface area contributed by atoms with Crippen LogP contribution in [0.1, 0.15) is 24.8 Å². The van der Waals surface area contributed by atoms with Crippen LogP contribution in [0, 0.1) is 5.92 Å². The number of nitrogens with one attached hydrogen (secondary N) is 2. The Morgan fingerprint density at radius 3 is 2.48 bits per heavy atom. The summed E-state index contributed by atoms with van der Waals surface area (Å²) < 4.78 is 5.21. The average Bonchev–Trinajstić information content (AvgIpc) is 2.65. The van der Waals surface area contributed by atoms with E-state index in [0.717, 1.165) is 31.1 Å². The lowest BCUT2D eigenvalue weighted by atomic mass is 9.93. The van der Waals surface area contributed by atoms with E-state index in [9.17, 15) is 9.59 Å². The molecule has 1 saturated heterocycles. The minimum atomic E-state index is -0.507. The van der Waals surface area contributed by atoms with Gasteiger partial charge >= 0.3 is 0 Å². The van der Waals surface area contributed by atoms with Crippen LogP contribution in [-0.4, -0.2) is 56.5 Å². The van der Waals surface area contributed by atoms with Crippen molar-refractivity contribution in [1.29, 1.82) is 0 Å². The van der Waals surface area contributed by atoms with E-state index in [2.05, 4.69) is 15.5 Å². The molecule has 0 aliphatic carbocycles. The van der Waals surface area contributed by atoms with Gasteiger partial charge in [0.25, 0.3) is 5.91 Å². The number of carbonyl (C=O) groups excluding carboxylic acids is 2. The van der Waals surface area contributed by atoms with Crippen LogP contribution in [0.3, 0.4) is 0 Å². The minimum absolute atomic E-state index is 0. The lowest BCUT2D eigenvalue weighted by Gasteiger charge is -2.31. The largest absolute Gasteiger partial charge is 0.484 e. The molecular weight excluding hydrogens is 368 g/mol. The highest BCUT2D eigenvalue weighted by Crippen LogP contribution is 2.19. The first kappa shape index (κ1) is 23.2. The number of amides is 2. The molecule has 0 aromatic heterocycles. The summed E-state index contributed by atoms with van der Waals surface area (Å²) in [4.78, 5) is 25.1. The van der Waals surface area contributed by atoms with Gasteiger partial charge in [0.15, 0.2) is 6.61 Å². The van der Waals surface area contributed by atoms with Crippen LogP contribution in [0.25, 0.3) is 0 Å². The highest BCUT2D eigenvalue weighted by atomic mass is 35.5. The first-order valence-electron chi connectivity index (χ1n) is 9.20. The maximum absolute atomic E-state index is 12.1. The summed E-state index contributed by atoms with van der Waals surface area (Å²) in [5, 5.41) is 6.16. The van der Waals surface area contributed by atoms with Crippen molar-refractivity contribution in [2.45, 2.75) is 25.8 Å². The molecule has 1 aromatic carbocycles. The van der Waals surface area contributed by atoms with Crippen molar-refractivity contribution in [3.05, 3.63) is 29.8 Å². The monoisotopic (exact) mass is 398 g/mol. The highest BCUT2D eigenvalue weighted by Gasteiger charge is 2.20. The van der Waals surface area contributed by atoms with Crippen molar-refractivity contribution in [1.82, 2.24) is 15.5 Å². The Hall–Kier alpha value is -1.83. The van der Waals surface area contributed by atoms with E-state index < -0.39 is 5.91 Å². The molecule has 0 radical (unpaired) electrons. The molecule has 4 N–H and O–H groups in total. The van der Waals surface area contributed by atoms with Crippen LogP contribution in [-0.2, 0) is 16.1 Å². The molecule has 0 saturated carbocycles. The first-order chi connectivity index (χ1) is 12.6. The zero-order valence-corrected chi connectivity index (χ0v) is 16.7. The van der Waals surface area contributed by atoms with E-state index in [1.54, 1.807) is 12.1 Å². The summed E-state index contributed by atoms with van der Waals surface area (Å²) in [6.45, 7) is 3.85. The van der Waals surface area contributed by atoms with E-state index in [-0.39, 0.29) is 24.9 Å². The van der Waals surface area contributed by atoms with E-state index in [4.69, 9.17) is 10.5 Å². The summed E-state index contributed by atoms with van der Waals surface area (Å²) in [7, 11) is 1.99. The molecule has 1 aromatic rings. The lowest BCUT2D eigenvalue weighted by molar-refractivity contribution is -0.123. The number of likely N-dealkylation sites (tertiary alicyclic amines) is 1. The predicted molar refractivity (Wildman–Crippen MR) is 108 cm³/mol. The fourth-order valence-electron chi connectivity index (χ4n) is 3.10. The molecule has 0 bridgehead atoms. The molecule has 0 unspecified atom stereocenters. The number of hydrogen-bond donors (Lipinski definition) is 3. The number of nitrogens with two attached hydrogens (primary N) is 1.